The summed E-state index contributed by atoms with van der Waals surface area (Å²) in [5, 5.41) is 5.50. The van der Waals surface area contributed by atoms with Crippen molar-refractivity contribution in [3.05, 3.63) is 0 Å². The Hall–Kier alpha value is -0.670. The van der Waals surface area contributed by atoms with Crippen molar-refractivity contribution in [2.45, 2.75) is 20.3 Å². The maximum Gasteiger partial charge on any atom is 0.250 e. The summed E-state index contributed by atoms with van der Waals surface area (Å²) < 4.78 is 24.6. The molecule has 0 saturated heterocycles. The van der Waals surface area contributed by atoms with E-state index in [0.717, 1.165) is 0 Å². The smallest absolute Gasteiger partial charge is 0.250 e. The Balaban J connectivity index is 2.60. The van der Waals surface area contributed by atoms with E-state index in [0.29, 0.717) is 13.1 Å². The van der Waals surface area contributed by atoms with Crippen molar-refractivity contribution in [1.82, 2.24) is 5.01 Å². The first-order chi connectivity index (χ1) is 5.08. The van der Waals surface area contributed by atoms with E-state index in [2.05, 4.69) is 5.10 Å². The van der Waals surface area contributed by atoms with E-state index < -0.39 is 11.8 Å². The van der Waals surface area contributed by atoms with Crippen LogP contribution in [0.2, 0.25) is 0 Å². The molecule has 1 unspecified atom stereocenters. The molecule has 0 saturated carbocycles. The lowest BCUT2D eigenvalue weighted by molar-refractivity contribution is 0.0442. The van der Waals surface area contributed by atoms with Crippen LogP contribution in [0, 0.1) is 5.41 Å². The highest BCUT2D eigenvalue weighted by molar-refractivity contribution is 5.67. The fraction of sp³-hybridized carbons (Fsp3) is 0.857. The molecule has 0 radical (unpaired) electrons. The van der Waals surface area contributed by atoms with Crippen molar-refractivity contribution in [3.63, 3.8) is 0 Å². The Bertz CT molecular complexity index is 170. The van der Waals surface area contributed by atoms with Crippen molar-refractivity contribution >= 4 is 6.21 Å². The Morgan fingerprint density at radius 3 is 2.64 bits per heavy atom. The van der Waals surface area contributed by atoms with Gasteiger partial charge in [-0.3, -0.25) is 5.01 Å². The minimum atomic E-state index is -2.32. The van der Waals surface area contributed by atoms with Crippen molar-refractivity contribution in [3.8, 4) is 0 Å². The second-order valence-corrected chi connectivity index (χ2v) is 3.03. The summed E-state index contributed by atoms with van der Waals surface area (Å²) in [6, 6.07) is 0. The second kappa shape index (κ2) is 2.75. The quantitative estimate of drug-likeness (QED) is 0.602. The monoisotopic (exact) mass is 162 g/mol. The maximum absolute atomic E-state index is 12.3. The predicted molar refractivity (Wildman–Crippen MR) is 39.9 cm³/mol. The number of nitrogens with zero attached hydrogens (tertiary/aromatic N) is 2. The largest absolute Gasteiger partial charge is 0.296 e. The molecular weight excluding hydrogens is 150 g/mol. The van der Waals surface area contributed by atoms with Gasteiger partial charge in [0.05, 0.1) is 12.0 Å². The second-order valence-electron chi connectivity index (χ2n) is 3.03. The molecule has 0 N–H and O–H groups in total. The van der Waals surface area contributed by atoms with E-state index in [4.69, 9.17) is 0 Å². The third-order valence-electron chi connectivity index (χ3n) is 1.90. The van der Waals surface area contributed by atoms with Crippen LogP contribution in [-0.4, -0.2) is 30.7 Å². The predicted octanol–water partition coefficient (Wildman–Crippen LogP) is 1.58. The van der Waals surface area contributed by atoms with Crippen LogP contribution >= 0.6 is 0 Å². The molecule has 0 amide bonds. The lowest BCUT2D eigenvalue weighted by Crippen LogP contribution is -2.33. The SMILES string of the molecule is CCN1CC(C)(C(F)F)C=N1. The minimum Gasteiger partial charge on any atom is -0.296 e. The Kier molecular flexibility index (Phi) is 2.11. The van der Waals surface area contributed by atoms with Gasteiger partial charge in [-0.2, -0.15) is 5.10 Å². The molecule has 11 heavy (non-hydrogen) atoms. The lowest BCUT2D eigenvalue weighted by atomic mass is 9.94. The lowest BCUT2D eigenvalue weighted by Gasteiger charge is -2.21. The van der Waals surface area contributed by atoms with Gasteiger partial charge in [-0.15, -0.1) is 0 Å². The molecule has 1 heterocycles. The van der Waals surface area contributed by atoms with Gasteiger partial charge in [0.15, 0.2) is 0 Å². The first-order valence-electron chi connectivity index (χ1n) is 3.67. The van der Waals surface area contributed by atoms with E-state index in [1.165, 1.54) is 13.1 Å². The first-order valence-corrected chi connectivity index (χ1v) is 3.67. The molecule has 1 aliphatic rings. The summed E-state index contributed by atoms with van der Waals surface area (Å²) in [4.78, 5) is 0. The molecule has 0 aliphatic carbocycles. The molecule has 0 bridgehead atoms. The molecule has 0 aromatic rings. The van der Waals surface area contributed by atoms with Gasteiger partial charge in [0, 0.05) is 12.8 Å². The fourth-order valence-electron chi connectivity index (χ4n) is 1.01. The molecule has 64 valence electrons. The average Bonchev–Trinajstić information content (AvgIpc) is 2.33. The molecular formula is C7H12F2N2. The highest BCUT2D eigenvalue weighted by Crippen LogP contribution is 2.28. The number of hydrazone groups is 1. The van der Waals surface area contributed by atoms with E-state index in [9.17, 15) is 8.78 Å². The summed E-state index contributed by atoms with van der Waals surface area (Å²) in [5.41, 5.74) is -1.03. The summed E-state index contributed by atoms with van der Waals surface area (Å²) in [6.45, 7) is 4.45. The van der Waals surface area contributed by atoms with Crippen LogP contribution in [0.4, 0.5) is 8.78 Å². The van der Waals surface area contributed by atoms with E-state index >= 15 is 0 Å². The first kappa shape index (κ1) is 8.43. The van der Waals surface area contributed by atoms with Crippen LogP contribution < -0.4 is 0 Å². The molecule has 4 heteroatoms. The van der Waals surface area contributed by atoms with Crippen LogP contribution in [0.3, 0.4) is 0 Å². The number of halogens is 2. The zero-order valence-corrected chi connectivity index (χ0v) is 6.72. The van der Waals surface area contributed by atoms with Crippen LogP contribution in [0.1, 0.15) is 13.8 Å². The molecule has 0 aromatic heterocycles. The van der Waals surface area contributed by atoms with E-state index in [1.54, 1.807) is 5.01 Å². The summed E-state index contributed by atoms with van der Waals surface area (Å²) in [6.07, 6.45) is -0.968. The average molecular weight is 162 g/mol. The van der Waals surface area contributed by atoms with Gasteiger partial charge in [-0.05, 0) is 13.8 Å². The number of hydrogen-bond donors (Lipinski definition) is 0. The maximum atomic E-state index is 12.3. The standard InChI is InChI=1S/C7H12F2N2/c1-3-11-5-7(2,4-10-11)6(8)9/h4,6H,3,5H2,1-2H3. The molecule has 2 nitrogen and oxygen atoms in total. The highest BCUT2D eigenvalue weighted by Gasteiger charge is 2.38. The third-order valence-corrected chi connectivity index (χ3v) is 1.90. The molecule has 0 spiro atoms. The van der Waals surface area contributed by atoms with Gasteiger partial charge < -0.3 is 0 Å². The summed E-state index contributed by atoms with van der Waals surface area (Å²) in [7, 11) is 0. The van der Waals surface area contributed by atoms with Crippen LogP contribution in [-0.2, 0) is 0 Å². The van der Waals surface area contributed by atoms with Gasteiger partial charge in [-0.25, -0.2) is 8.78 Å². The van der Waals surface area contributed by atoms with E-state index in [1.807, 2.05) is 6.92 Å². The van der Waals surface area contributed by atoms with Gasteiger partial charge in [-0.1, -0.05) is 0 Å². The molecule has 0 fully saturated rings. The molecule has 1 atom stereocenters. The van der Waals surface area contributed by atoms with Gasteiger partial charge in [0.2, 0.25) is 0 Å². The topological polar surface area (TPSA) is 15.6 Å². The van der Waals surface area contributed by atoms with Crippen molar-refractivity contribution in [2.75, 3.05) is 13.1 Å². The molecule has 0 aromatic carbocycles. The molecule has 1 aliphatic heterocycles. The van der Waals surface area contributed by atoms with E-state index in [-0.39, 0.29) is 0 Å². The van der Waals surface area contributed by atoms with Crippen LogP contribution in [0.25, 0.3) is 0 Å². The molecule has 1 rings (SSSR count). The number of alkyl halides is 2. The van der Waals surface area contributed by atoms with Gasteiger partial charge in [0.1, 0.15) is 0 Å². The third kappa shape index (κ3) is 1.49. The van der Waals surface area contributed by atoms with Crippen molar-refractivity contribution in [2.24, 2.45) is 10.5 Å². The van der Waals surface area contributed by atoms with Gasteiger partial charge >= 0.3 is 0 Å². The van der Waals surface area contributed by atoms with Crippen LogP contribution in [0.15, 0.2) is 5.10 Å². The summed E-state index contributed by atoms with van der Waals surface area (Å²) in [5.74, 6) is 0. The Morgan fingerprint density at radius 1 is 1.73 bits per heavy atom. The zero-order valence-electron chi connectivity index (χ0n) is 6.72. The number of hydrogen-bond acceptors (Lipinski definition) is 2. The summed E-state index contributed by atoms with van der Waals surface area (Å²) >= 11 is 0. The Morgan fingerprint density at radius 2 is 2.36 bits per heavy atom. The Labute approximate surface area is 64.9 Å². The fourth-order valence-corrected chi connectivity index (χ4v) is 1.01. The zero-order chi connectivity index (χ0) is 8.48. The van der Waals surface area contributed by atoms with Gasteiger partial charge in [0.25, 0.3) is 6.43 Å². The van der Waals surface area contributed by atoms with Crippen LogP contribution in [0.5, 0.6) is 0 Å². The normalized spacial score (nSPS) is 30.5. The highest BCUT2D eigenvalue weighted by atomic mass is 19.3. The number of rotatable bonds is 2. The van der Waals surface area contributed by atoms with Crippen molar-refractivity contribution in [1.29, 1.82) is 0 Å². The minimum absolute atomic E-state index is 0.334. The van der Waals surface area contributed by atoms with Crippen molar-refractivity contribution < 1.29 is 8.78 Å².